The molecule has 1 fully saturated rings. The minimum absolute atomic E-state index is 0.0523. The number of pyridine rings is 2. The molecular weight excluding hydrogens is 1120 g/mol. The average Bonchev–Trinajstić information content (AvgIpc) is 4.27. The minimum Gasteiger partial charge on any atom is -0.377 e. The van der Waals surface area contributed by atoms with Gasteiger partial charge in [0.2, 0.25) is 0 Å². The number of piperazine rings is 1. The standard InChI is InChI=1S/C41H44F3N9O2.C17H14BrF3N4O/c1-5-37(28(2)3)53-39(54)52(27-47-53)36-16-14-35(15-17-36)50-21-19-49(20-22-50)34-12-9-30(10-13-34)31-11-18-38(45-24-31)41(43,44)40(55,25-51-26-46-29(4)48-51)32-7-6-8-33(42)23-32;1-11-23-10-25(24-11)9-16(26,12-3-2-4-14(19)7-12)17(20,21)15-6-5-13(18)8-22-15/h6-18,23-24,26-28,37,55H,5,19-22,25H2,1-4H3;2-8,10,26H,9H2,1H3/t37-,40?;/m0./s1. The third kappa shape index (κ3) is 12.1. The fourth-order valence-corrected chi connectivity index (χ4v) is 10.2. The summed E-state index contributed by atoms with van der Waals surface area (Å²) in [6.07, 6.45) is 7.45. The number of rotatable bonds is 17. The molecule has 1 aliphatic rings. The summed E-state index contributed by atoms with van der Waals surface area (Å²) in [6, 6.07) is 30.1. The maximum Gasteiger partial charge on any atom is 0.350 e. The predicted molar refractivity (Wildman–Crippen MR) is 296 cm³/mol. The van der Waals surface area contributed by atoms with Gasteiger partial charge in [0, 0.05) is 60.0 Å². The molecule has 2 unspecified atom stereocenters. The highest BCUT2D eigenvalue weighted by Crippen LogP contribution is 2.48. The molecule has 0 bridgehead atoms. The second-order valence-corrected chi connectivity index (χ2v) is 21.1. The Kier molecular flexibility index (Phi) is 16.8. The molecule has 0 radical (unpaired) electrons. The number of halogens is 7. The van der Waals surface area contributed by atoms with Crippen molar-refractivity contribution in [2.24, 2.45) is 5.92 Å². The molecule has 0 saturated carbocycles. The van der Waals surface area contributed by atoms with Gasteiger partial charge in [0.1, 0.15) is 53.7 Å². The van der Waals surface area contributed by atoms with Gasteiger partial charge in [-0.3, -0.25) is 9.97 Å². The van der Waals surface area contributed by atoms with E-state index in [1.807, 2.05) is 48.5 Å². The number of hydrogen-bond donors (Lipinski definition) is 2. The van der Waals surface area contributed by atoms with E-state index in [1.54, 1.807) is 29.4 Å². The van der Waals surface area contributed by atoms with Crippen molar-refractivity contribution < 1.29 is 36.6 Å². The molecule has 0 spiro atoms. The predicted octanol–water partition coefficient (Wildman–Crippen LogP) is 10.3. The van der Waals surface area contributed by atoms with Gasteiger partial charge in [0.25, 0.3) is 0 Å². The van der Waals surface area contributed by atoms with Crippen LogP contribution in [0.4, 0.5) is 37.7 Å². The Labute approximate surface area is 471 Å². The van der Waals surface area contributed by atoms with Crippen molar-refractivity contribution in [1.29, 1.82) is 0 Å². The lowest BCUT2D eigenvalue weighted by molar-refractivity contribution is -0.206. The maximum atomic E-state index is 16.3. The summed E-state index contributed by atoms with van der Waals surface area (Å²) in [5.41, 5.74) is -3.41. The summed E-state index contributed by atoms with van der Waals surface area (Å²) < 4.78 is 97.0. The van der Waals surface area contributed by atoms with Crippen LogP contribution in [0.15, 0.2) is 162 Å². The molecule has 4 aromatic carbocycles. The van der Waals surface area contributed by atoms with Crippen LogP contribution in [0.1, 0.15) is 67.4 Å². The molecule has 3 atom stereocenters. The second kappa shape index (κ2) is 23.6. The molecule has 0 amide bonds. The lowest BCUT2D eigenvalue weighted by atomic mass is 9.84. The second-order valence-electron chi connectivity index (χ2n) is 20.1. The molecule has 81 heavy (non-hydrogen) atoms. The van der Waals surface area contributed by atoms with Crippen LogP contribution in [-0.4, -0.2) is 90.2 Å². The Morgan fingerprint density at radius 2 is 1.05 bits per heavy atom. The molecule has 0 aliphatic carbocycles. The van der Waals surface area contributed by atoms with E-state index in [2.05, 4.69) is 81.7 Å². The smallest absolute Gasteiger partial charge is 0.350 e. The van der Waals surface area contributed by atoms with Crippen LogP contribution in [0.3, 0.4) is 0 Å². The SMILES string of the molecule is CC[C@@H](C(C)C)n1ncn(-c2ccc(N3CCN(c4ccc(-c5ccc(C(F)(F)C(O)(Cn6cnc(C)n6)c6cccc(F)c6)nc5)cc4)CC3)cc2)c1=O.Cc1ncn(CC(O)(c2cccc(F)c2)C(F)(F)c2ccc(Br)cn2)n1. The van der Waals surface area contributed by atoms with Gasteiger partial charge in [-0.05, 0) is 138 Å². The highest BCUT2D eigenvalue weighted by atomic mass is 79.9. The van der Waals surface area contributed by atoms with Crippen LogP contribution in [0.2, 0.25) is 0 Å². The van der Waals surface area contributed by atoms with Crippen molar-refractivity contribution in [1.82, 2.24) is 53.8 Å². The molecule has 422 valence electrons. The zero-order valence-corrected chi connectivity index (χ0v) is 46.4. The quantitative estimate of drug-likeness (QED) is 0.0828. The van der Waals surface area contributed by atoms with E-state index in [0.29, 0.717) is 27.6 Å². The van der Waals surface area contributed by atoms with Crippen molar-refractivity contribution in [3.8, 4) is 16.8 Å². The summed E-state index contributed by atoms with van der Waals surface area (Å²) in [6.45, 7) is 11.4. The molecule has 23 heteroatoms. The first-order valence-corrected chi connectivity index (χ1v) is 26.8. The summed E-state index contributed by atoms with van der Waals surface area (Å²) in [7, 11) is 0. The van der Waals surface area contributed by atoms with Gasteiger partial charge in [-0.1, -0.05) is 63.2 Å². The van der Waals surface area contributed by atoms with E-state index >= 15 is 17.6 Å². The van der Waals surface area contributed by atoms with Gasteiger partial charge in [-0.15, -0.1) is 0 Å². The Hall–Kier alpha value is -8.02. The van der Waals surface area contributed by atoms with E-state index in [0.717, 1.165) is 94.9 Å². The first kappa shape index (κ1) is 57.7. The van der Waals surface area contributed by atoms with Crippen molar-refractivity contribution in [2.75, 3.05) is 36.0 Å². The van der Waals surface area contributed by atoms with E-state index in [9.17, 15) is 23.8 Å². The highest BCUT2D eigenvalue weighted by Gasteiger charge is 2.58. The number of hydrogen-bond acceptors (Lipinski definition) is 12. The van der Waals surface area contributed by atoms with Gasteiger partial charge in [-0.25, -0.2) is 42.2 Å². The third-order valence-electron chi connectivity index (χ3n) is 14.4. The van der Waals surface area contributed by atoms with Crippen molar-refractivity contribution >= 4 is 27.3 Å². The molecule has 10 rings (SSSR count). The van der Waals surface area contributed by atoms with E-state index in [1.165, 1.54) is 67.5 Å². The Bertz CT molecular complexity index is 3630. The van der Waals surface area contributed by atoms with Gasteiger partial charge < -0.3 is 20.0 Å². The zero-order valence-electron chi connectivity index (χ0n) is 44.8. The summed E-state index contributed by atoms with van der Waals surface area (Å²) in [5, 5.41) is 35.1. The fourth-order valence-electron chi connectivity index (χ4n) is 9.93. The van der Waals surface area contributed by atoms with Crippen LogP contribution in [-0.2, 0) is 36.1 Å². The van der Waals surface area contributed by atoms with E-state index in [-0.39, 0.29) is 22.9 Å². The fraction of sp³-hybridized carbons (Fsp3) is 0.310. The first-order valence-electron chi connectivity index (χ1n) is 26.0. The maximum absolute atomic E-state index is 16.3. The lowest BCUT2D eigenvalue weighted by Crippen LogP contribution is -2.47. The molecule has 5 aromatic heterocycles. The molecule has 2 N–H and O–H groups in total. The normalized spacial score (nSPS) is 15.0. The molecule has 1 saturated heterocycles. The average molecular weight is 1180 g/mol. The van der Waals surface area contributed by atoms with E-state index in [4.69, 9.17) is 0 Å². The zero-order chi connectivity index (χ0) is 57.9. The Morgan fingerprint density at radius 1 is 0.593 bits per heavy atom. The molecule has 1 aliphatic heterocycles. The number of nitrogens with zero attached hydrogens (tertiary/aromatic N) is 13. The monoisotopic (exact) mass is 1180 g/mol. The number of aryl methyl sites for hydroxylation is 2. The largest absolute Gasteiger partial charge is 0.377 e. The van der Waals surface area contributed by atoms with Crippen LogP contribution in [0.5, 0.6) is 0 Å². The van der Waals surface area contributed by atoms with Crippen molar-refractivity contribution in [2.45, 2.75) is 83.2 Å². The number of aliphatic hydroxyl groups is 2. The number of aromatic nitrogens is 11. The number of benzene rings is 4. The highest BCUT2D eigenvalue weighted by molar-refractivity contribution is 9.10. The van der Waals surface area contributed by atoms with Gasteiger partial charge in [0.05, 0.1) is 24.8 Å². The van der Waals surface area contributed by atoms with Crippen molar-refractivity contribution in [3.63, 3.8) is 0 Å². The summed E-state index contributed by atoms with van der Waals surface area (Å²) >= 11 is 3.13. The van der Waals surface area contributed by atoms with Gasteiger partial charge >= 0.3 is 17.5 Å². The van der Waals surface area contributed by atoms with Crippen molar-refractivity contribution in [3.05, 3.63) is 213 Å². The molecule has 16 nitrogen and oxygen atoms in total. The van der Waals surface area contributed by atoms with Crippen LogP contribution in [0.25, 0.3) is 16.8 Å². The topological polar surface area (TPSA) is 174 Å². The molecule has 6 heterocycles. The third-order valence-corrected chi connectivity index (χ3v) is 14.9. The van der Waals surface area contributed by atoms with Gasteiger partial charge in [0.15, 0.2) is 11.2 Å². The molecular formula is C58H58BrF6N13O3. The lowest BCUT2D eigenvalue weighted by Gasteiger charge is -2.37. The van der Waals surface area contributed by atoms with Crippen LogP contribution < -0.4 is 15.5 Å². The summed E-state index contributed by atoms with van der Waals surface area (Å²) in [5.74, 6) is -8.25. The summed E-state index contributed by atoms with van der Waals surface area (Å²) in [4.78, 5) is 33.4. The van der Waals surface area contributed by atoms with Crippen LogP contribution in [0, 0.1) is 31.4 Å². The van der Waals surface area contributed by atoms with Crippen LogP contribution >= 0.6 is 15.9 Å². The van der Waals surface area contributed by atoms with E-state index < -0.39 is 59.2 Å². The first-order chi connectivity index (χ1) is 38.6. The number of alkyl halides is 4. The minimum atomic E-state index is -3.93. The van der Waals surface area contributed by atoms with Gasteiger partial charge in [-0.2, -0.15) is 32.9 Å². The molecule has 9 aromatic rings. The Balaban J connectivity index is 0.000000254. The Morgan fingerprint density at radius 3 is 1.46 bits per heavy atom. The number of anilines is 2.